The summed E-state index contributed by atoms with van der Waals surface area (Å²) in [7, 11) is 1.58. The lowest BCUT2D eigenvalue weighted by Crippen LogP contribution is -2.29. The predicted octanol–water partition coefficient (Wildman–Crippen LogP) is 4.34. The second-order valence-electron chi connectivity index (χ2n) is 7.31. The fourth-order valence-electron chi connectivity index (χ4n) is 3.95. The van der Waals surface area contributed by atoms with Crippen molar-refractivity contribution in [3.63, 3.8) is 0 Å². The SMILES string of the molecule is CCOC(=O)C1=CN(C(=O)c2ccc(OC)cc2)CC(C)c2c1[nH]c1ccccc21. The van der Waals surface area contributed by atoms with Crippen molar-refractivity contribution in [2.75, 3.05) is 20.3 Å². The average molecular weight is 404 g/mol. The van der Waals surface area contributed by atoms with Crippen LogP contribution in [0, 0.1) is 0 Å². The zero-order valence-electron chi connectivity index (χ0n) is 17.3. The quantitative estimate of drug-likeness (QED) is 0.657. The highest BCUT2D eigenvalue weighted by Crippen LogP contribution is 2.37. The second kappa shape index (κ2) is 8.06. The van der Waals surface area contributed by atoms with Gasteiger partial charge in [0.1, 0.15) is 5.75 Å². The first-order valence-corrected chi connectivity index (χ1v) is 9.98. The Morgan fingerprint density at radius 2 is 1.87 bits per heavy atom. The summed E-state index contributed by atoms with van der Waals surface area (Å²) in [4.78, 5) is 31.0. The number of aromatic nitrogens is 1. The molecule has 6 heteroatoms. The molecule has 2 heterocycles. The number of nitrogens with one attached hydrogen (secondary N) is 1. The van der Waals surface area contributed by atoms with E-state index in [1.807, 2.05) is 24.3 Å². The summed E-state index contributed by atoms with van der Waals surface area (Å²) in [5, 5.41) is 1.05. The first-order chi connectivity index (χ1) is 14.5. The van der Waals surface area contributed by atoms with E-state index in [0.717, 1.165) is 16.5 Å². The van der Waals surface area contributed by atoms with Crippen molar-refractivity contribution in [3.8, 4) is 5.75 Å². The lowest BCUT2D eigenvalue weighted by atomic mass is 9.96. The van der Waals surface area contributed by atoms with E-state index >= 15 is 0 Å². The Hall–Kier alpha value is -3.54. The molecule has 1 unspecified atom stereocenters. The average Bonchev–Trinajstić information content (AvgIpc) is 3.08. The molecule has 0 spiro atoms. The van der Waals surface area contributed by atoms with Gasteiger partial charge in [0.2, 0.25) is 0 Å². The zero-order chi connectivity index (χ0) is 21.3. The minimum Gasteiger partial charge on any atom is -0.497 e. The minimum atomic E-state index is -0.452. The van der Waals surface area contributed by atoms with Gasteiger partial charge < -0.3 is 19.4 Å². The largest absolute Gasteiger partial charge is 0.497 e. The molecular weight excluding hydrogens is 380 g/mol. The Balaban J connectivity index is 1.80. The molecule has 1 amide bonds. The molecule has 2 aromatic carbocycles. The van der Waals surface area contributed by atoms with Crippen LogP contribution in [0.5, 0.6) is 5.75 Å². The van der Waals surface area contributed by atoms with Gasteiger partial charge in [0.15, 0.2) is 0 Å². The van der Waals surface area contributed by atoms with Gasteiger partial charge in [-0.2, -0.15) is 0 Å². The third kappa shape index (κ3) is 3.45. The molecule has 0 bridgehead atoms. The number of H-pyrrole nitrogens is 1. The predicted molar refractivity (Wildman–Crippen MR) is 115 cm³/mol. The Morgan fingerprint density at radius 1 is 1.13 bits per heavy atom. The standard InChI is InChI=1S/C24H24N2O4/c1-4-30-24(28)19-14-26(23(27)16-9-11-17(29-3)12-10-16)13-15(2)21-18-7-5-6-8-20(18)25-22(19)21/h5-12,14-15,25H,4,13H2,1-3H3. The number of fused-ring (bicyclic) bond motifs is 3. The van der Waals surface area contributed by atoms with Crippen molar-refractivity contribution in [2.24, 2.45) is 0 Å². The number of rotatable bonds is 4. The van der Waals surface area contributed by atoms with E-state index in [2.05, 4.69) is 11.9 Å². The Labute approximate surface area is 175 Å². The number of esters is 1. The molecule has 30 heavy (non-hydrogen) atoms. The topological polar surface area (TPSA) is 71.6 Å². The van der Waals surface area contributed by atoms with Crippen LogP contribution in [0.3, 0.4) is 0 Å². The number of benzene rings is 2. The van der Waals surface area contributed by atoms with E-state index in [1.54, 1.807) is 49.4 Å². The zero-order valence-corrected chi connectivity index (χ0v) is 17.3. The van der Waals surface area contributed by atoms with E-state index in [0.29, 0.717) is 29.1 Å². The molecule has 1 atom stereocenters. The fourth-order valence-corrected chi connectivity index (χ4v) is 3.95. The van der Waals surface area contributed by atoms with Crippen LogP contribution in [0.15, 0.2) is 54.7 Å². The van der Waals surface area contributed by atoms with Gasteiger partial charge in [0.05, 0.1) is 25.0 Å². The normalized spacial score (nSPS) is 15.9. The summed E-state index contributed by atoms with van der Waals surface area (Å²) >= 11 is 0. The number of ether oxygens (including phenoxy) is 2. The van der Waals surface area contributed by atoms with Gasteiger partial charge in [-0.3, -0.25) is 4.79 Å². The first kappa shape index (κ1) is 19.8. The Morgan fingerprint density at radius 3 is 2.57 bits per heavy atom. The first-order valence-electron chi connectivity index (χ1n) is 9.98. The summed E-state index contributed by atoms with van der Waals surface area (Å²) in [6.45, 7) is 4.54. The van der Waals surface area contributed by atoms with Crippen LogP contribution >= 0.6 is 0 Å². The lowest BCUT2D eigenvalue weighted by Gasteiger charge is -2.21. The highest BCUT2D eigenvalue weighted by Gasteiger charge is 2.31. The molecule has 0 aliphatic carbocycles. The number of hydrogen-bond donors (Lipinski definition) is 1. The third-order valence-electron chi connectivity index (χ3n) is 5.36. The van der Waals surface area contributed by atoms with Crippen LogP contribution in [0.25, 0.3) is 16.5 Å². The van der Waals surface area contributed by atoms with Crippen molar-refractivity contribution in [1.29, 1.82) is 0 Å². The second-order valence-corrected chi connectivity index (χ2v) is 7.31. The van der Waals surface area contributed by atoms with Crippen LogP contribution < -0.4 is 4.74 Å². The molecule has 0 fully saturated rings. The molecule has 0 saturated carbocycles. The molecule has 1 aromatic heterocycles. The summed E-state index contributed by atoms with van der Waals surface area (Å²) in [6.07, 6.45) is 1.61. The van der Waals surface area contributed by atoms with Crippen LogP contribution in [0.1, 0.15) is 41.4 Å². The number of carbonyl (C=O) groups is 2. The van der Waals surface area contributed by atoms with Gasteiger partial charge in [-0.25, -0.2) is 4.79 Å². The number of methoxy groups -OCH3 is 1. The molecule has 1 aliphatic rings. The molecule has 3 aromatic rings. The molecule has 154 valence electrons. The van der Waals surface area contributed by atoms with Gasteiger partial charge >= 0.3 is 5.97 Å². The van der Waals surface area contributed by atoms with Crippen molar-refractivity contribution in [1.82, 2.24) is 9.88 Å². The smallest absolute Gasteiger partial charge is 0.341 e. The van der Waals surface area contributed by atoms with Crippen LogP contribution in [0.4, 0.5) is 0 Å². The van der Waals surface area contributed by atoms with Crippen molar-refractivity contribution < 1.29 is 19.1 Å². The molecule has 4 rings (SSSR count). The van der Waals surface area contributed by atoms with Crippen molar-refractivity contribution >= 4 is 28.4 Å². The third-order valence-corrected chi connectivity index (χ3v) is 5.36. The van der Waals surface area contributed by atoms with E-state index in [9.17, 15) is 9.59 Å². The maximum absolute atomic E-state index is 13.2. The van der Waals surface area contributed by atoms with Gasteiger partial charge in [-0.15, -0.1) is 0 Å². The number of aromatic amines is 1. The number of hydrogen-bond acceptors (Lipinski definition) is 4. The Kier molecular flexibility index (Phi) is 5.31. The summed E-state index contributed by atoms with van der Waals surface area (Å²) in [5.74, 6) is 0.0641. The summed E-state index contributed by atoms with van der Waals surface area (Å²) in [6, 6.07) is 14.9. The van der Waals surface area contributed by atoms with E-state index in [4.69, 9.17) is 9.47 Å². The number of amides is 1. The van der Waals surface area contributed by atoms with Crippen LogP contribution in [0.2, 0.25) is 0 Å². The van der Waals surface area contributed by atoms with Gasteiger partial charge in [0, 0.05) is 35.1 Å². The van der Waals surface area contributed by atoms with Gasteiger partial charge in [-0.05, 0) is 42.8 Å². The summed E-state index contributed by atoms with van der Waals surface area (Å²) in [5.41, 5.74) is 3.58. The summed E-state index contributed by atoms with van der Waals surface area (Å²) < 4.78 is 10.5. The number of carbonyl (C=O) groups excluding carboxylic acids is 2. The lowest BCUT2D eigenvalue weighted by molar-refractivity contribution is -0.136. The molecular formula is C24H24N2O4. The van der Waals surface area contributed by atoms with Gasteiger partial charge in [0.25, 0.3) is 5.91 Å². The fraction of sp³-hybridized carbons (Fsp3) is 0.250. The minimum absolute atomic E-state index is 0.0153. The van der Waals surface area contributed by atoms with Crippen molar-refractivity contribution in [2.45, 2.75) is 19.8 Å². The number of para-hydroxylation sites is 1. The molecule has 1 aliphatic heterocycles. The monoisotopic (exact) mass is 404 g/mol. The van der Waals surface area contributed by atoms with Gasteiger partial charge in [-0.1, -0.05) is 25.1 Å². The van der Waals surface area contributed by atoms with Crippen molar-refractivity contribution in [3.05, 3.63) is 71.6 Å². The number of nitrogens with zero attached hydrogens (tertiary/aromatic N) is 1. The van der Waals surface area contributed by atoms with E-state index in [-0.39, 0.29) is 18.4 Å². The van der Waals surface area contributed by atoms with E-state index in [1.165, 1.54) is 0 Å². The van der Waals surface area contributed by atoms with Crippen LogP contribution in [-0.4, -0.2) is 42.0 Å². The molecule has 6 nitrogen and oxygen atoms in total. The molecule has 1 N–H and O–H groups in total. The Bertz CT molecular complexity index is 1130. The molecule has 0 saturated heterocycles. The molecule has 0 radical (unpaired) electrons. The van der Waals surface area contributed by atoms with Crippen LogP contribution in [-0.2, 0) is 9.53 Å². The highest BCUT2D eigenvalue weighted by atomic mass is 16.5. The maximum Gasteiger partial charge on any atom is 0.341 e. The highest BCUT2D eigenvalue weighted by molar-refractivity contribution is 6.18. The van der Waals surface area contributed by atoms with E-state index < -0.39 is 5.97 Å². The maximum atomic E-state index is 13.2.